The quantitative estimate of drug-likeness (QED) is 0.0519. The van der Waals surface area contributed by atoms with Crippen LogP contribution in [-0.2, 0) is 86.1 Å². The van der Waals surface area contributed by atoms with Crippen LogP contribution >= 0.6 is 34.8 Å². The molecule has 62 heavy (non-hydrogen) atoms. The molecule has 0 amide bonds. The molecule has 0 saturated carbocycles. The molecule has 0 aliphatic carbocycles. The molecule has 0 bridgehead atoms. The molecule has 2 fully saturated rings. The normalized spacial score (nSPS) is 26.0. The molecule has 3 aromatic rings. The SMILES string of the molecule is CC(=O)CCC(=O)O[C@H]1[C@H](O[C@@H]2[C@@H](OCc3ccccc3)[C@H](C)O[C@@H](OC(=N)C(Cl)(Cl)Cl)[C@@H]2OC(C)=O)O[C@@H](C)[C@H](OC(=O)Cc2ccccc2)[C@H]1OC(=O)Cc1ccccc1. The van der Waals surface area contributed by atoms with E-state index in [1.807, 2.05) is 30.3 Å². The van der Waals surface area contributed by atoms with Crippen molar-refractivity contribution in [1.82, 2.24) is 0 Å². The van der Waals surface area contributed by atoms with Crippen LogP contribution in [0.4, 0.5) is 0 Å². The second kappa shape index (κ2) is 22.7. The molecule has 3 aromatic carbocycles. The molecule has 0 unspecified atom stereocenters. The van der Waals surface area contributed by atoms with E-state index in [1.165, 1.54) is 13.8 Å². The van der Waals surface area contributed by atoms with Gasteiger partial charge in [0.25, 0.3) is 3.79 Å². The highest BCUT2D eigenvalue weighted by Gasteiger charge is 2.56. The Bertz CT molecular complexity index is 1990. The third-order valence-corrected chi connectivity index (χ3v) is 10.2. The van der Waals surface area contributed by atoms with Crippen molar-refractivity contribution in [2.75, 3.05) is 0 Å². The van der Waals surface area contributed by atoms with Crippen LogP contribution in [0.3, 0.4) is 0 Å². The Morgan fingerprint density at radius 2 is 1.03 bits per heavy atom. The summed E-state index contributed by atoms with van der Waals surface area (Å²) in [5.74, 6) is -4.39. The van der Waals surface area contributed by atoms with Crippen molar-refractivity contribution in [3.05, 3.63) is 108 Å². The number of hydrogen-bond acceptors (Lipinski definition) is 15. The Morgan fingerprint density at radius 1 is 0.565 bits per heavy atom. The zero-order valence-corrected chi connectivity index (χ0v) is 36.6. The Hall–Kier alpha value is -4.61. The molecule has 5 rings (SSSR count). The highest BCUT2D eigenvalue weighted by atomic mass is 35.6. The zero-order valence-electron chi connectivity index (χ0n) is 34.3. The standard InChI is InChI=1S/C44H48Cl3NO14/c1-25(49)20-21-32(51)58-40-38(60-34(53)23-30-16-10-6-11-17-30)36(59-33(52)22-29-14-8-5-9-15-29)27(3)56-41(40)61-37-35(54-24-31-18-12-7-13-19-31)26(2)55-42(39(37)57-28(4)50)62-43(48)44(45,46)47/h5-19,26-27,35-42,48H,20-24H2,1-4H3/t26-,27-,35-,36-,37+,38+,39+,40+,41-,42-/m0/s1. The van der Waals surface area contributed by atoms with E-state index in [4.69, 9.17) is 82.8 Å². The van der Waals surface area contributed by atoms with Crippen molar-refractivity contribution in [3.63, 3.8) is 0 Å². The summed E-state index contributed by atoms with van der Waals surface area (Å²) in [6.45, 7) is 5.56. The average molecular weight is 921 g/mol. The van der Waals surface area contributed by atoms with Crippen LogP contribution in [0, 0.1) is 5.41 Å². The first-order chi connectivity index (χ1) is 29.5. The van der Waals surface area contributed by atoms with Crippen LogP contribution in [0.25, 0.3) is 0 Å². The van der Waals surface area contributed by atoms with Crippen molar-refractivity contribution in [3.8, 4) is 0 Å². The first kappa shape index (κ1) is 48.4. The second-order valence-corrected chi connectivity index (χ2v) is 17.0. The fraction of sp³-hybridized carbons (Fsp3) is 0.455. The maximum absolute atomic E-state index is 13.8. The van der Waals surface area contributed by atoms with Gasteiger partial charge in [0.15, 0.2) is 30.7 Å². The third-order valence-electron chi connectivity index (χ3n) is 9.69. The van der Waals surface area contributed by atoms with Gasteiger partial charge < -0.3 is 47.4 Å². The molecule has 1 N–H and O–H groups in total. The largest absolute Gasteiger partial charge is 0.455 e. The minimum absolute atomic E-state index is 0.00586. The maximum atomic E-state index is 13.8. The van der Waals surface area contributed by atoms with E-state index < -0.39 is 95.0 Å². The van der Waals surface area contributed by atoms with Gasteiger partial charge in [-0.15, -0.1) is 0 Å². The zero-order chi connectivity index (χ0) is 45.0. The lowest BCUT2D eigenvalue weighted by molar-refractivity contribution is -0.354. The number of benzene rings is 3. The van der Waals surface area contributed by atoms with Crippen LogP contribution in [0.2, 0.25) is 0 Å². The van der Waals surface area contributed by atoms with Gasteiger partial charge in [-0.25, -0.2) is 0 Å². The highest BCUT2D eigenvalue weighted by Crippen LogP contribution is 2.37. The Morgan fingerprint density at radius 3 is 1.55 bits per heavy atom. The molecule has 0 aromatic heterocycles. The number of Topliss-reactive ketones (excluding diaryl/α,β-unsaturated/α-hetero) is 1. The molecular weight excluding hydrogens is 873 g/mol. The number of ether oxygens (including phenoxy) is 9. The van der Waals surface area contributed by atoms with Crippen molar-refractivity contribution in [2.45, 2.75) is 125 Å². The molecule has 334 valence electrons. The van der Waals surface area contributed by atoms with Gasteiger partial charge in [0.1, 0.15) is 18.0 Å². The fourth-order valence-corrected chi connectivity index (χ4v) is 6.91. The maximum Gasteiger partial charge on any atom is 0.310 e. The number of carbonyl (C=O) groups excluding carboxylic acids is 5. The first-order valence-electron chi connectivity index (χ1n) is 19.8. The average Bonchev–Trinajstić information content (AvgIpc) is 3.21. The number of halogens is 3. The van der Waals surface area contributed by atoms with Gasteiger partial charge in [-0.05, 0) is 37.5 Å². The molecule has 2 heterocycles. The van der Waals surface area contributed by atoms with Gasteiger partial charge >= 0.3 is 23.9 Å². The second-order valence-electron chi connectivity index (χ2n) is 14.7. The third kappa shape index (κ3) is 14.2. The fourth-order valence-electron chi connectivity index (χ4n) is 6.78. The van der Waals surface area contributed by atoms with Crippen LogP contribution < -0.4 is 0 Å². The molecule has 2 saturated heterocycles. The van der Waals surface area contributed by atoms with Crippen molar-refractivity contribution < 1.29 is 66.6 Å². The van der Waals surface area contributed by atoms with E-state index >= 15 is 0 Å². The lowest BCUT2D eigenvalue weighted by Crippen LogP contribution is -2.66. The summed E-state index contributed by atoms with van der Waals surface area (Å²) in [6.07, 6.45) is -15.1. The molecular formula is C44H48Cl3NO14. The number of esters is 4. The summed E-state index contributed by atoms with van der Waals surface area (Å²) in [4.78, 5) is 65.5. The molecule has 18 heteroatoms. The van der Waals surface area contributed by atoms with Crippen molar-refractivity contribution in [1.29, 1.82) is 5.41 Å². The molecule has 15 nitrogen and oxygen atoms in total. The van der Waals surface area contributed by atoms with Crippen LogP contribution in [0.5, 0.6) is 0 Å². The summed E-state index contributed by atoms with van der Waals surface area (Å²) in [7, 11) is 0. The topological polar surface area (TPSA) is 192 Å². The van der Waals surface area contributed by atoms with Gasteiger partial charge in [-0.2, -0.15) is 0 Å². The Labute approximate surface area is 373 Å². The summed E-state index contributed by atoms with van der Waals surface area (Å²) in [6, 6.07) is 26.6. The minimum atomic E-state index is -2.35. The lowest BCUT2D eigenvalue weighted by atomic mass is 9.96. The minimum Gasteiger partial charge on any atom is -0.455 e. The summed E-state index contributed by atoms with van der Waals surface area (Å²) >= 11 is 17.9. The van der Waals surface area contributed by atoms with Gasteiger partial charge in [0.2, 0.25) is 12.2 Å². The number of carbonyl (C=O) groups is 5. The van der Waals surface area contributed by atoms with E-state index in [-0.39, 0.29) is 38.1 Å². The number of alkyl halides is 3. The number of rotatable bonds is 17. The van der Waals surface area contributed by atoms with Crippen molar-refractivity contribution in [2.24, 2.45) is 0 Å². The summed E-state index contributed by atoms with van der Waals surface area (Å²) in [5.41, 5.74) is 1.99. The number of ketones is 1. The van der Waals surface area contributed by atoms with Gasteiger partial charge in [-0.3, -0.25) is 24.6 Å². The molecule has 10 atom stereocenters. The van der Waals surface area contributed by atoms with E-state index in [0.717, 1.165) is 12.5 Å². The smallest absolute Gasteiger partial charge is 0.310 e. The molecule has 2 aliphatic rings. The van der Waals surface area contributed by atoms with E-state index in [0.29, 0.717) is 11.1 Å². The van der Waals surface area contributed by atoms with Gasteiger partial charge in [-0.1, -0.05) is 126 Å². The van der Waals surface area contributed by atoms with E-state index in [2.05, 4.69) is 0 Å². The predicted molar refractivity (Wildman–Crippen MR) is 223 cm³/mol. The van der Waals surface area contributed by atoms with Crippen LogP contribution in [0.1, 0.15) is 57.2 Å². The van der Waals surface area contributed by atoms with Crippen LogP contribution in [-0.4, -0.2) is 101 Å². The van der Waals surface area contributed by atoms with E-state index in [9.17, 15) is 24.0 Å². The Kier molecular flexibility index (Phi) is 17.7. The molecule has 2 aliphatic heterocycles. The summed E-state index contributed by atoms with van der Waals surface area (Å²) < 4.78 is 52.6. The molecule has 0 spiro atoms. The number of nitrogens with one attached hydrogen (secondary N) is 1. The van der Waals surface area contributed by atoms with Gasteiger partial charge in [0.05, 0.1) is 38.1 Å². The number of hydrogen-bond donors (Lipinski definition) is 1. The first-order valence-corrected chi connectivity index (χ1v) is 20.9. The van der Waals surface area contributed by atoms with Crippen LogP contribution in [0.15, 0.2) is 91.0 Å². The predicted octanol–water partition coefficient (Wildman–Crippen LogP) is 6.33. The van der Waals surface area contributed by atoms with Gasteiger partial charge in [0, 0.05) is 13.3 Å². The molecule has 0 radical (unpaired) electrons. The van der Waals surface area contributed by atoms with Crippen molar-refractivity contribution >= 4 is 70.4 Å². The summed E-state index contributed by atoms with van der Waals surface area (Å²) in [5, 5.41) is 8.30. The Balaban J connectivity index is 1.57. The monoisotopic (exact) mass is 919 g/mol. The van der Waals surface area contributed by atoms with E-state index in [1.54, 1.807) is 67.6 Å². The lowest BCUT2D eigenvalue weighted by Gasteiger charge is -2.48. The highest BCUT2D eigenvalue weighted by molar-refractivity contribution is 6.76.